The highest BCUT2D eigenvalue weighted by Crippen LogP contribution is 2.32. The monoisotopic (exact) mass is 334 g/mol. The van der Waals surface area contributed by atoms with Crippen LogP contribution in [0.3, 0.4) is 0 Å². The van der Waals surface area contributed by atoms with E-state index in [1.165, 1.54) is 6.26 Å². The second-order valence-corrected chi connectivity index (χ2v) is 7.96. The molecule has 0 unspecified atom stereocenters. The van der Waals surface area contributed by atoms with Crippen molar-refractivity contribution in [2.45, 2.75) is 25.5 Å². The first-order valence-corrected chi connectivity index (χ1v) is 8.93. The summed E-state index contributed by atoms with van der Waals surface area (Å²) in [5.74, 6) is 0.0450. The molecule has 0 saturated carbocycles. The van der Waals surface area contributed by atoms with E-state index in [1.54, 1.807) is 43.0 Å². The molecule has 0 aliphatic carbocycles. The number of furan rings is 1. The summed E-state index contributed by atoms with van der Waals surface area (Å²) in [7, 11) is -3.42. The van der Waals surface area contributed by atoms with Crippen LogP contribution in [0.5, 0.6) is 0 Å². The van der Waals surface area contributed by atoms with Crippen molar-refractivity contribution in [3.63, 3.8) is 0 Å². The quantitative estimate of drug-likeness (QED) is 0.932. The highest BCUT2D eigenvalue weighted by molar-refractivity contribution is 7.93. The lowest BCUT2D eigenvalue weighted by Gasteiger charge is -2.17. The van der Waals surface area contributed by atoms with Gasteiger partial charge in [0.1, 0.15) is 0 Å². The standard InChI is InChI=1S/C16H18N2O4S/c1-11(2)23(20,21)17-13-6-5-12-7-8-18(14(12)10-13)16(19)15-4-3-9-22-15/h3-6,9-11,17H,7-8H2,1-2H3. The fourth-order valence-electron chi connectivity index (χ4n) is 2.47. The van der Waals surface area contributed by atoms with Gasteiger partial charge in [0.15, 0.2) is 5.76 Å². The smallest absolute Gasteiger partial charge is 0.293 e. The second kappa shape index (κ2) is 5.73. The number of nitrogens with one attached hydrogen (secondary N) is 1. The molecule has 2 aromatic rings. The van der Waals surface area contributed by atoms with Crippen LogP contribution in [0.2, 0.25) is 0 Å². The fourth-order valence-corrected chi connectivity index (χ4v) is 3.16. The van der Waals surface area contributed by atoms with Crippen LogP contribution in [0.1, 0.15) is 30.0 Å². The molecule has 3 rings (SSSR count). The summed E-state index contributed by atoms with van der Waals surface area (Å²) in [6.07, 6.45) is 2.19. The van der Waals surface area contributed by atoms with Gasteiger partial charge >= 0.3 is 0 Å². The van der Waals surface area contributed by atoms with E-state index in [2.05, 4.69) is 4.72 Å². The molecule has 1 aliphatic rings. The second-order valence-electron chi connectivity index (χ2n) is 5.72. The van der Waals surface area contributed by atoms with Gasteiger partial charge in [-0.25, -0.2) is 8.42 Å². The van der Waals surface area contributed by atoms with E-state index >= 15 is 0 Å². The Kier molecular flexibility index (Phi) is 3.89. The van der Waals surface area contributed by atoms with Gasteiger partial charge in [0, 0.05) is 12.2 Å². The number of sulfonamides is 1. The lowest BCUT2D eigenvalue weighted by Crippen LogP contribution is -2.28. The minimum Gasteiger partial charge on any atom is -0.459 e. The molecule has 7 heteroatoms. The van der Waals surface area contributed by atoms with Gasteiger partial charge in [0.2, 0.25) is 10.0 Å². The minimum absolute atomic E-state index is 0.224. The molecule has 122 valence electrons. The van der Waals surface area contributed by atoms with Gasteiger partial charge in [0.25, 0.3) is 5.91 Å². The number of fused-ring (bicyclic) bond motifs is 1. The molecule has 1 amide bonds. The maximum Gasteiger partial charge on any atom is 0.293 e. The van der Waals surface area contributed by atoms with Crippen molar-refractivity contribution in [1.82, 2.24) is 0 Å². The topological polar surface area (TPSA) is 79.6 Å². The van der Waals surface area contributed by atoms with E-state index in [-0.39, 0.29) is 11.7 Å². The lowest BCUT2D eigenvalue weighted by atomic mass is 10.1. The molecule has 0 radical (unpaired) electrons. The highest BCUT2D eigenvalue weighted by atomic mass is 32.2. The van der Waals surface area contributed by atoms with Crippen LogP contribution < -0.4 is 9.62 Å². The van der Waals surface area contributed by atoms with Crippen molar-refractivity contribution in [2.24, 2.45) is 0 Å². The minimum atomic E-state index is -3.42. The zero-order valence-corrected chi connectivity index (χ0v) is 13.8. The van der Waals surface area contributed by atoms with Crippen molar-refractivity contribution >= 4 is 27.3 Å². The van der Waals surface area contributed by atoms with Crippen molar-refractivity contribution in [2.75, 3.05) is 16.2 Å². The number of rotatable bonds is 4. The zero-order chi connectivity index (χ0) is 16.6. The number of carbonyl (C=O) groups excluding carboxylic acids is 1. The normalized spacial score (nSPS) is 14.1. The largest absolute Gasteiger partial charge is 0.459 e. The van der Waals surface area contributed by atoms with Crippen LogP contribution in [-0.4, -0.2) is 26.1 Å². The molecular weight excluding hydrogens is 316 g/mol. The van der Waals surface area contributed by atoms with Gasteiger partial charge in [-0.1, -0.05) is 6.07 Å². The Bertz CT molecular complexity index is 826. The number of hydrogen-bond acceptors (Lipinski definition) is 4. The molecule has 0 saturated heterocycles. The number of benzene rings is 1. The summed E-state index contributed by atoms with van der Waals surface area (Å²) in [5, 5.41) is -0.531. The predicted octanol–water partition coefficient (Wildman–Crippen LogP) is 2.63. The Labute approximate surface area is 135 Å². The van der Waals surface area contributed by atoms with Gasteiger partial charge in [-0.15, -0.1) is 0 Å². The number of nitrogens with zero attached hydrogens (tertiary/aromatic N) is 1. The van der Waals surface area contributed by atoms with E-state index in [0.717, 1.165) is 17.7 Å². The fraction of sp³-hybridized carbons (Fsp3) is 0.312. The molecule has 1 aromatic carbocycles. The maximum atomic E-state index is 12.5. The first-order valence-electron chi connectivity index (χ1n) is 7.38. The van der Waals surface area contributed by atoms with Gasteiger partial charge in [-0.3, -0.25) is 9.52 Å². The summed E-state index contributed by atoms with van der Waals surface area (Å²) in [5.41, 5.74) is 2.18. The number of amides is 1. The molecule has 6 nitrogen and oxygen atoms in total. The predicted molar refractivity (Wildman–Crippen MR) is 88.2 cm³/mol. The van der Waals surface area contributed by atoms with Crippen molar-refractivity contribution < 1.29 is 17.6 Å². The molecule has 23 heavy (non-hydrogen) atoms. The zero-order valence-electron chi connectivity index (χ0n) is 12.9. The summed E-state index contributed by atoms with van der Waals surface area (Å²) in [4.78, 5) is 14.1. The lowest BCUT2D eigenvalue weighted by molar-refractivity contribution is 0.0963. The number of hydrogen-bond donors (Lipinski definition) is 1. The van der Waals surface area contributed by atoms with Crippen molar-refractivity contribution in [1.29, 1.82) is 0 Å². The Balaban J connectivity index is 1.90. The third kappa shape index (κ3) is 2.96. The Morgan fingerprint density at radius 3 is 2.74 bits per heavy atom. The molecule has 0 atom stereocenters. The molecule has 2 heterocycles. The van der Waals surface area contributed by atoms with Crippen molar-refractivity contribution in [3.05, 3.63) is 47.9 Å². The van der Waals surface area contributed by atoms with E-state index in [0.29, 0.717) is 12.2 Å². The molecule has 0 bridgehead atoms. The third-order valence-electron chi connectivity index (χ3n) is 3.84. The van der Waals surface area contributed by atoms with Crippen LogP contribution in [0, 0.1) is 0 Å². The van der Waals surface area contributed by atoms with E-state index in [4.69, 9.17) is 4.42 Å². The molecular formula is C16H18N2O4S. The Morgan fingerprint density at radius 2 is 2.09 bits per heavy atom. The molecule has 1 N–H and O–H groups in total. The first kappa shape index (κ1) is 15.6. The summed E-state index contributed by atoms with van der Waals surface area (Å²) in [6, 6.07) is 8.55. The molecule has 1 aromatic heterocycles. The maximum absolute atomic E-state index is 12.5. The first-order chi connectivity index (χ1) is 10.9. The van der Waals surface area contributed by atoms with Crippen LogP contribution in [0.4, 0.5) is 11.4 Å². The average Bonchev–Trinajstić information content (AvgIpc) is 3.15. The van der Waals surface area contributed by atoms with Gasteiger partial charge < -0.3 is 9.32 Å². The molecule has 1 aliphatic heterocycles. The van der Waals surface area contributed by atoms with E-state index in [9.17, 15) is 13.2 Å². The van der Waals surface area contributed by atoms with Crippen LogP contribution in [0.15, 0.2) is 41.0 Å². The van der Waals surface area contributed by atoms with Gasteiger partial charge in [-0.05, 0) is 50.1 Å². The van der Waals surface area contributed by atoms with E-state index < -0.39 is 15.3 Å². The Hall–Kier alpha value is -2.28. The SMILES string of the molecule is CC(C)S(=O)(=O)Nc1ccc2c(c1)N(C(=O)c1ccco1)CC2. The van der Waals surface area contributed by atoms with Crippen LogP contribution in [-0.2, 0) is 16.4 Å². The Morgan fingerprint density at radius 1 is 1.30 bits per heavy atom. The highest BCUT2D eigenvalue weighted by Gasteiger charge is 2.28. The van der Waals surface area contributed by atoms with Gasteiger partial charge in [-0.2, -0.15) is 0 Å². The van der Waals surface area contributed by atoms with Crippen LogP contribution in [0.25, 0.3) is 0 Å². The van der Waals surface area contributed by atoms with E-state index in [1.807, 2.05) is 6.07 Å². The summed E-state index contributed by atoms with van der Waals surface area (Å²) >= 11 is 0. The van der Waals surface area contributed by atoms with Crippen LogP contribution >= 0.6 is 0 Å². The van der Waals surface area contributed by atoms with Gasteiger partial charge in [0.05, 0.1) is 17.2 Å². The summed E-state index contributed by atoms with van der Waals surface area (Å²) in [6.45, 7) is 3.78. The third-order valence-corrected chi connectivity index (χ3v) is 5.60. The number of carbonyl (C=O) groups is 1. The average molecular weight is 334 g/mol. The molecule has 0 spiro atoms. The van der Waals surface area contributed by atoms with Crippen molar-refractivity contribution in [3.8, 4) is 0 Å². The summed E-state index contributed by atoms with van der Waals surface area (Å²) < 4.78 is 31.7. The molecule has 0 fully saturated rings. The number of anilines is 2.